The van der Waals surface area contributed by atoms with Crippen LogP contribution in [0.4, 0.5) is 5.69 Å². The molecule has 0 saturated carbocycles. The Morgan fingerprint density at radius 2 is 1.95 bits per heavy atom. The molecule has 1 amide bonds. The Morgan fingerprint density at radius 1 is 1.32 bits per heavy atom. The van der Waals surface area contributed by atoms with Crippen molar-refractivity contribution in [1.29, 1.82) is 0 Å². The topological polar surface area (TPSA) is 58.6 Å². The van der Waals surface area contributed by atoms with E-state index in [4.69, 9.17) is 4.74 Å². The van der Waals surface area contributed by atoms with Crippen molar-refractivity contribution in [2.75, 3.05) is 12.4 Å². The quantitative estimate of drug-likeness (QED) is 0.797. The highest BCUT2D eigenvalue weighted by atomic mass is 16.5. The maximum atomic E-state index is 12.1. The Bertz CT molecular complexity index is 402. The van der Waals surface area contributed by atoms with Crippen LogP contribution in [-0.2, 0) is 4.79 Å². The molecule has 19 heavy (non-hydrogen) atoms. The lowest BCUT2D eigenvalue weighted by atomic mass is 9.93. The Labute approximate surface area is 114 Å². The minimum Gasteiger partial charge on any atom is -0.497 e. The third-order valence-electron chi connectivity index (χ3n) is 3.30. The van der Waals surface area contributed by atoms with E-state index in [1.807, 2.05) is 13.8 Å². The highest BCUT2D eigenvalue weighted by Gasteiger charge is 2.33. The van der Waals surface area contributed by atoms with E-state index in [0.717, 1.165) is 18.6 Å². The van der Waals surface area contributed by atoms with Crippen molar-refractivity contribution in [1.82, 2.24) is 0 Å². The number of methoxy groups -OCH3 is 1. The molecule has 1 aromatic carbocycles. The minimum atomic E-state index is -1.28. The van der Waals surface area contributed by atoms with E-state index < -0.39 is 5.60 Å². The highest BCUT2D eigenvalue weighted by molar-refractivity contribution is 5.97. The van der Waals surface area contributed by atoms with Crippen LogP contribution in [0.1, 0.15) is 39.5 Å². The van der Waals surface area contributed by atoms with Crippen LogP contribution in [0.25, 0.3) is 0 Å². The minimum absolute atomic E-state index is 0.339. The average molecular weight is 265 g/mol. The predicted octanol–water partition coefficient (Wildman–Crippen LogP) is 2.97. The number of hydrogen-bond acceptors (Lipinski definition) is 3. The third kappa shape index (κ3) is 4.24. The van der Waals surface area contributed by atoms with Crippen molar-refractivity contribution >= 4 is 11.6 Å². The number of carbonyl (C=O) groups excluding carboxylic acids is 1. The smallest absolute Gasteiger partial charge is 0.256 e. The Hall–Kier alpha value is -1.55. The molecular weight excluding hydrogens is 242 g/mol. The second kappa shape index (κ2) is 7.14. The van der Waals surface area contributed by atoms with Gasteiger partial charge in [0.05, 0.1) is 7.11 Å². The van der Waals surface area contributed by atoms with Crippen LogP contribution in [0.3, 0.4) is 0 Å². The monoisotopic (exact) mass is 265 g/mol. The number of amides is 1. The first-order valence-electron chi connectivity index (χ1n) is 6.73. The van der Waals surface area contributed by atoms with E-state index >= 15 is 0 Å². The van der Waals surface area contributed by atoms with Gasteiger partial charge in [0.2, 0.25) is 0 Å². The molecule has 0 aliphatic carbocycles. The average Bonchev–Trinajstić information content (AvgIpc) is 2.45. The van der Waals surface area contributed by atoms with Crippen molar-refractivity contribution in [3.05, 3.63) is 24.3 Å². The number of nitrogens with one attached hydrogen (secondary N) is 1. The van der Waals surface area contributed by atoms with Crippen molar-refractivity contribution in [3.63, 3.8) is 0 Å². The first-order valence-corrected chi connectivity index (χ1v) is 6.73. The number of unbranched alkanes of at least 4 members (excludes halogenated alkanes) is 1. The second-order valence-electron chi connectivity index (χ2n) is 4.67. The molecule has 4 nitrogen and oxygen atoms in total. The van der Waals surface area contributed by atoms with Gasteiger partial charge >= 0.3 is 0 Å². The molecule has 0 radical (unpaired) electrons. The fraction of sp³-hybridized carbons (Fsp3) is 0.533. The first kappa shape index (κ1) is 15.5. The van der Waals surface area contributed by atoms with Crippen LogP contribution >= 0.6 is 0 Å². The lowest BCUT2D eigenvalue weighted by molar-refractivity contribution is -0.135. The van der Waals surface area contributed by atoms with Crippen LogP contribution in [0.5, 0.6) is 5.75 Å². The van der Waals surface area contributed by atoms with Crippen molar-refractivity contribution < 1.29 is 14.6 Å². The number of benzene rings is 1. The molecule has 0 saturated heterocycles. The molecule has 106 valence electrons. The van der Waals surface area contributed by atoms with Crippen molar-refractivity contribution in [3.8, 4) is 5.75 Å². The molecule has 4 heteroatoms. The number of rotatable bonds is 7. The van der Waals surface area contributed by atoms with E-state index in [9.17, 15) is 9.90 Å². The van der Waals surface area contributed by atoms with Gasteiger partial charge in [0.25, 0.3) is 5.91 Å². The summed E-state index contributed by atoms with van der Waals surface area (Å²) < 4.78 is 5.05. The van der Waals surface area contributed by atoms with Crippen LogP contribution in [-0.4, -0.2) is 23.7 Å². The van der Waals surface area contributed by atoms with Crippen molar-refractivity contribution in [2.45, 2.75) is 45.1 Å². The van der Waals surface area contributed by atoms with Crippen LogP contribution in [0.15, 0.2) is 24.3 Å². The maximum absolute atomic E-state index is 12.1. The molecule has 1 rings (SSSR count). The summed E-state index contributed by atoms with van der Waals surface area (Å²) in [6.45, 7) is 3.86. The zero-order valence-corrected chi connectivity index (χ0v) is 11.9. The molecule has 0 aliphatic rings. The molecule has 0 aromatic heterocycles. The van der Waals surface area contributed by atoms with Gasteiger partial charge in [0.15, 0.2) is 0 Å². The molecular formula is C15H23NO3. The Kier molecular flexibility index (Phi) is 5.83. The van der Waals surface area contributed by atoms with Crippen LogP contribution in [0, 0.1) is 0 Å². The SMILES string of the molecule is CCCC[C@@](O)(CC)C(=O)Nc1ccc(OC)cc1. The molecule has 2 N–H and O–H groups in total. The molecule has 0 unspecified atom stereocenters. The molecule has 0 bridgehead atoms. The fourth-order valence-corrected chi connectivity index (χ4v) is 1.84. The molecule has 0 heterocycles. The lowest BCUT2D eigenvalue weighted by Crippen LogP contribution is -2.42. The Morgan fingerprint density at radius 3 is 2.42 bits per heavy atom. The predicted molar refractivity (Wildman–Crippen MR) is 76.4 cm³/mol. The maximum Gasteiger partial charge on any atom is 0.256 e. The number of carbonyl (C=O) groups is 1. The van der Waals surface area contributed by atoms with Gasteiger partial charge in [-0.25, -0.2) is 0 Å². The summed E-state index contributed by atoms with van der Waals surface area (Å²) in [5.74, 6) is 0.392. The highest BCUT2D eigenvalue weighted by Crippen LogP contribution is 2.22. The van der Waals surface area contributed by atoms with Gasteiger partial charge < -0.3 is 15.2 Å². The molecule has 1 aromatic rings. The second-order valence-corrected chi connectivity index (χ2v) is 4.67. The van der Waals surface area contributed by atoms with E-state index in [1.165, 1.54) is 0 Å². The van der Waals surface area contributed by atoms with Gasteiger partial charge in [-0.2, -0.15) is 0 Å². The largest absolute Gasteiger partial charge is 0.497 e. The van der Waals surface area contributed by atoms with Gasteiger partial charge in [-0.15, -0.1) is 0 Å². The van der Waals surface area contributed by atoms with E-state index in [0.29, 0.717) is 18.5 Å². The van der Waals surface area contributed by atoms with Gasteiger partial charge in [-0.1, -0.05) is 26.7 Å². The summed E-state index contributed by atoms with van der Waals surface area (Å²) in [6, 6.07) is 7.05. The normalized spacial score (nSPS) is 13.7. The Balaban J connectivity index is 2.70. The number of aliphatic hydroxyl groups is 1. The van der Waals surface area contributed by atoms with E-state index in [-0.39, 0.29) is 5.91 Å². The number of hydrogen-bond donors (Lipinski definition) is 2. The first-order chi connectivity index (χ1) is 9.05. The lowest BCUT2D eigenvalue weighted by Gasteiger charge is -2.25. The zero-order valence-electron chi connectivity index (χ0n) is 11.9. The van der Waals surface area contributed by atoms with Crippen LogP contribution in [0.2, 0.25) is 0 Å². The fourth-order valence-electron chi connectivity index (χ4n) is 1.84. The molecule has 0 spiro atoms. The summed E-state index contributed by atoms with van der Waals surface area (Å²) in [5.41, 5.74) is -0.621. The summed E-state index contributed by atoms with van der Waals surface area (Å²) in [4.78, 5) is 12.1. The van der Waals surface area contributed by atoms with Gasteiger partial charge in [-0.3, -0.25) is 4.79 Å². The third-order valence-corrected chi connectivity index (χ3v) is 3.30. The molecule has 0 fully saturated rings. The van der Waals surface area contributed by atoms with Gasteiger partial charge in [0.1, 0.15) is 11.4 Å². The number of ether oxygens (including phenoxy) is 1. The number of anilines is 1. The van der Waals surface area contributed by atoms with E-state index in [2.05, 4.69) is 5.32 Å². The standard InChI is InChI=1S/C15H23NO3/c1-4-6-11-15(18,5-2)14(17)16-12-7-9-13(19-3)10-8-12/h7-10,18H,4-6,11H2,1-3H3,(H,16,17)/t15-/m0/s1. The van der Waals surface area contributed by atoms with Gasteiger partial charge in [0, 0.05) is 5.69 Å². The summed E-state index contributed by atoms with van der Waals surface area (Å²) in [7, 11) is 1.59. The summed E-state index contributed by atoms with van der Waals surface area (Å²) in [5, 5.41) is 13.1. The van der Waals surface area contributed by atoms with E-state index in [1.54, 1.807) is 31.4 Å². The summed E-state index contributed by atoms with van der Waals surface area (Å²) in [6.07, 6.45) is 2.69. The van der Waals surface area contributed by atoms with Crippen LogP contribution < -0.4 is 10.1 Å². The zero-order chi connectivity index (χ0) is 14.3. The molecule has 1 atom stereocenters. The van der Waals surface area contributed by atoms with Crippen molar-refractivity contribution in [2.24, 2.45) is 0 Å². The summed E-state index contributed by atoms with van der Waals surface area (Å²) >= 11 is 0. The molecule has 0 aliphatic heterocycles. The van der Waals surface area contributed by atoms with Gasteiger partial charge in [-0.05, 0) is 37.1 Å².